The van der Waals surface area contributed by atoms with Crippen LogP contribution in [0.3, 0.4) is 0 Å². The number of nitrogens with one attached hydrogen (secondary N) is 1. The van der Waals surface area contributed by atoms with Crippen LogP contribution in [0.2, 0.25) is 0 Å². The van der Waals surface area contributed by atoms with E-state index in [1.807, 2.05) is 18.3 Å². The number of anilines is 1. The van der Waals surface area contributed by atoms with Crippen molar-refractivity contribution in [2.75, 3.05) is 5.32 Å². The molecule has 1 aromatic carbocycles. The van der Waals surface area contributed by atoms with E-state index in [1.165, 1.54) is 18.5 Å². The molecule has 0 atom stereocenters. The van der Waals surface area contributed by atoms with Crippen LogP contribution in [-0.2, 0) is 24.1 Å². The number of nitrogens with zero attached hydrogens (tertiary/aromatic N) is 5. The Balaban J connectivity index is 1.50. The molecule has 0 saturated carbocycles. The molecule has 11 heteroatoms. The maximum Gasteiger partial charge on any atom is 0.417 e. The summed E-state index contributed by atoms with van der Waals surface area (Å²) in [5.41, 5.74) is 1.16. The third-order valence-corrected chi connectivity index (χ3v) is 5.20. The molecular formula is C21H18BrF3N6O. The zero-order valence-corrected chi connectivity index (χ0v) is 18.7. The van der Waals surface area contributed by atoms with Gasteiger partial charge in [-0.2, -0.15) is 23.4 Å². The smallest absolute Gasteiger partial charge is 0.324 e. The first-order chi connectivity index (χ1) is 15.1. The Morgan fingerprint density at radius 3 is 2.53 bits per heavy atom. The maximum absolute atomic E-state index is 13.5. The van der Waals surface area contributed by atoms with Gasteiger partial charge < -0.3 is 5.32 Å². The lowest BCUT2D eigenvalue weighted by Gasteiger charge is -2.10. The average molecular weight is 507 g/mol. The summed E-state index contributed by atoms with van der Waals surface area (Å²) in [6, 6.07) is 8.22. The highest BCUT2D eigenvalue weighted by Crippen LogP contribution is 2.36. The van der Waals surface area contributed by atoms with Crippen LogP contribution in [0.1, 0.15) is 22.5 Å². The molecule has 3 heterocycles. The molecule has 0 bridgehead atoms. The number of carbonyl (C=O) groups excluding carboxylic acids is 1. The number of aromatic nitrogens is 5. The summed E-state index contributed by atoms with van der Waals surface area (Å²) < 4.78 is 44.2. The number of alkyl halides is 3. The van der Waals surface area contributed by atoms with E-state index < -0.39 is 17.6 Å². The van der Waals surface area contributed by atoms with Crippen molar-refractivity contribution in [1.82, 2.24) is 24.5 Å². The molecule has 0 saturated heterocycles. The van der Waals surface area contributed by atoms with Gasteiger partial charge in [0, 0.05) is 17.6 Å². The molecule has 1 amide bonds. The van der Waals surface area contributed by atoms with Crippen LogP contribution < -0.4 is 5.32 Å². The lowest BCUT2D eigenvalue weighted by atomic mass is 10.1. The summed E-state index contributed by atoms with van der Waals surface area (Å²) in [6.45, 7) is 3.26. The van der Waals surface area contributed by atoms with Crippen molar-refractivity contribution >= 4 is 38.6 Å². The highest BCUT2D eigenvalue weighted by molar-refractivity contribution is 9.10. The van der Waals surface area contributed by atoms with Crippen molar-refractivity contribution in [3.05, 3.63) is 69.7 Å². The highest BCUT2D eigenvalue weighted by Gasteiger charge is 2.35. The van der Waals surface area contributed by atoms with Crippen molar-refractivity contribution in [1.29, 1.82) is 0 Å². The number of pyridine rings is 1. The van der Waals surface area contributed by atoms with Crippen LogP contribution in [0.25, 0.3) is 11.0 Å². The Morgan fingerprint density at radius 2 is 1.91 bits per heavy atom. The second kappa shape index (κ2) is 8.38. The standard InChI is InChI=1S/C21H18BrF3N6O/c1-12-7-17(21(23,24)25)19-13(2)29-31(20(19)27-12)11-18(32)28-16-5-3-14(4-6-16)9-30-10-15(22)8-26-30/h3-8,10H,9,11H2,1-2H3,(H,28,32). The van der Waals surface area contributed by atoms with Gasteiger partial charge >= 0.3 is 6.18 Å². The highest BCUT2D eigenvalue weighted by atomic mass is 79.9. The van der Waals surface area contributed by atoms with Crippen LogP contribution in [0.5, 0.6) is 0 Å². The summed E-state index contributed by atoms with van der Waals surface area (Å²) in [7, 11) is 0. The molecule has 0 aliphatic carbocycles. The normalized spacial score (nSPS) is 11.8. The predicted molar refractivity (Wildman–Crippen MR) is 116 cm³/mol. The van der Waals surface area contributed by atoms with Crippen molar-refractivity contribution in [2.24, 2.45) is 0 Å². The minimum Gasteiger partial charge on any atom is -0.324 e. The average Bonchev–Trinajstić information content (AvgIpc) is 3.25. The summed E-state index contributed by atoms with van der Waals surface area (Å²) in [4.78, 5) is 16.7. The van der Waals surface area contributed by atoms with Crippen molar-refractivity contribution < 1.29 is 18.0 Å². The van der Waals surface area contributed by atoms with E-state index in [0.29, 0.717) is 12.2 Å². The molecule has 0 aliphatic heterocycles. The summed E-state index contributed by atoms with van der Waals surface area (Å²) in [5, 5.41) is 11.0. The molecule has 0 radical (unpaired) electrons. The minimum atomic E-state index is -4.54. The number of carbonyl (C=O) groups is 1. The van der Waals surface area contributed by atoms with E-state index in [4.69, 9.17) is 0 Å². The largest absolute Gasteiger partial charge is 0.417 e. The van der Waals surface area contributed by atoms with Gasteiger partial charge in [0.25, 0.3) is 0 Å². The van der Waals surface area contributed by atoms with E-state index in [0.717, 1.165) is 16.1 Å². The lowest BCUT2D eigenvalue weighted by Crippen LogP contribution is -2.20. The van der Waals surface area contributed by atoms with Crippen LogP contribution >= 0.6 is 15.9 Å². The van der Waals surface area contributed by atoms with Gasteiger partial charge in [0.1, 0.15) is 6.54 Å². The number of hydrogen-bond donors (Lipinski definition) is 1. The number of benzene rings is 1. The van der Waals surface area contributed by atoms with Crippen molar-refractivity contribution in [2.45, 2.75) is 33.1 Å². The number of aryl methyl sites for hydroxylation is 2. The fourth-order valence-electron chi connectivity index (χ4n) is 3.45. The van der Waals surface area contributed by atoms with Gasteiger partial charge in [-0.05, 0) is 53.5 Å². The number of amides is 1. The second-order valence-corrected chi connectivity index (χ2v) is 8.27. The van der Waals surface area contributed by atoms with E-state index in [-0.39, 0.29) is 29.0 Å². The quantitative estimate of drug-likeness (QED) is 0.425. The van der Waals surface area contributed by atoms with Crippen molar-refractivity contribution in [3.63, 3.8) is 0 Å². The molecule has 0 fully saturated rings. The fraction of sp³-hybridized carbons (Fsp3) is 0.238. The molecule has 32 heavy (non-hydrogen) atoms. The molecule has 4 aromatic rings. The maximum atomic E-state index is 13.5. The third kappa shape index (κ3) is 4.67. The zero-order chi connectivity index (χ0) is 23.0. The van der Waals surface area contributed by atoms with E-state index in [2.05, 4.69) is 36.4 Å². The number of rotatable bonds is 5. The molecule has 0 spiro atoms. The SMILES string of the molecule is Cc1cc(C(F)(F)F)c2c(C)nn(CC(=O)Nc3ccc(Cn4cc(Br)cn4)cc3)c2n1. The number of fused-ring (bicyclic) bond motifs is 1. The molecule has 4 rings (SSSR count). The second-order valence-electron chi connectivity index (χ2n) is 7.35. The Labute approximate surface area is 189 Å². The Morgan fingerprint density at radius 1 is 1.19 bits per heavy atom. The first-order valence-corrected chi connectivity index (χ1v) is 10.4. The van der Waals surface area contributed by atoms with Crippen LogP contribution in [0, 0.1) is 13.8 Å². The van der Waals surface area contributed by atoms with Crippen LogP contribution in [0.4, 0.5) is 18.9 Å². The summed E-state index contributed by atoms with van der Waals surface area (Å²) in [5.74, 6) is -0.421. The summed E-state index contributed by atoms with van der Waals surface area (Å²) >= 11 is 3.35. The minimum absolute atomic E-state index is 0.0331. The van der Waals surface area contributed by atoms with Crippen LogP contribution in [-0.4, -0.2) is 30.5 Å². The van der Waals surface area contributed by atoms with Crippen molar-refractivity contribution in [3.8, 4) is 0 Å². The van der Waals surface area contributed by atoms with Gasteiger partial charge in [-0.15, -0.1) is 0 Å². The van der Waals surface area contributed by atoms with E-state index >= 15 is 0 Å². The first-order valence-electron chi connectivity index (χ1n) is 9.59. The summed E-state index contributed by atoms with van der Waals surface area (Å²) in [6.07, 6.45) is -0.990. The predicted octanol–water partition coefficient (Wildman–Crippen LogP) is 4.71. The molecule has 0 unspecified atom stereocenters. The third-order valence-electron chi connectivity index (χ3n) is 4.79. The number of hydrogen-bond acceptors (Lipinski definition) is 4. The first kappa shape index (κ1) is 22.0. The number of halogens is 4. The Hall–Kier alpha value is -3.21. The molecular weight excluding hydrogens is 489 g/mol. The van der Waals surface area contributed by atoms with Gasteiger partial charge in [0.05, 0.1) is 33.9 Å². The van der Waals surface area contributed by atoms with Gasteiger partial charge in [-0.25, -0.2) is 9.67 Å². The zero-order valence-electron chi connectivity index (χ0n) is 17.1. The molecule has 7 nitrogen and oxygen atoms in total. The van der Waals surface area contributed by atoms with Gasteiger partial charge in [0.15, 0.2) is 5.65 Å². The van der Waals surface area contributed by atoms with Gasteiger partial charge in [-0.3, -0.25) is 9.48 Å². The molecule has 1 N–H and O–H groups in total. The van der Waals surface area contributed by atoms with E-state index in [1.54, 1.807) is 23.0 Å². The topological polar surface area (TPSA) is 77.6 Å². The van der Waals surface area contributed by atoms with Gasteiger partial charge in [0.2, 0.25) is 5.91 Å². The molecule has 3 aromatic heterocycles. The Kier molecular flexibility index (Phi) is 5.76. The van der Waals surface area contributed by atoms with Crippen LogP contribution in [0.15, 0.2) is 47.2 Å². The lowest BCUT2D eigenvalue weighted by molar-refractivity contribution is -0.136. The van der Waals surface area contributed by atoms with E-state index in [9.17, 15) is 18.0 Å². The Bertz CT molecular complexity index is 1290. The molecule has 0 aliphatic rings. The fourth-order valence-corrected chi connectivity index (χ4v) is 3.78. The molecule has 166 valence electrons. The monoisotopic (exact) mass is 506 g/mol. The van der Waals surface area contributed by atoms with Gasteiger partial charge in [-0.1, -0.05) is 12.1 Å².